The zero-order valence-electron chi connectivity index (χ0n) is 19.3. The van der Waals surface area contributed by atoms with E-state index < -0.39 is 0 Å². The predicted molar refractivity (Wildman–Crippen MR) is 123 cm³/mol. The van der Waals surface area contributed by atoms with Crippen molar-refractivity contribution in [1.82, 2.24) is 4.90 Å². The highest BCUT2D eigenvalue weighted by Gasteiger charge is 2.31. The number of carbonyl (C=O) groups is 1. The van der Waals surface area contributed by atoms with Crippen LogP contribution in [-0.2, 0) is 6.42 Å². The van der Waals surface area contributed by atoms with E-state index >= 15 is 0 Å². The fourth-order valence-corrected chi connectivity index (χ4v) is 3.41. The number of rotatable bonds is 4. The maximum absolute atomic E-state index is 13.0. The van der Waals surface area contributed by atoms with Crippen LogP contribution in [0.2, 0.25) is 0 Å². The van der Waals surface area contributed by atoms with Crippen molar-refractivity contribution < 1.29 is 19.0 Å². The van der Waals surface area contributed by atoms with Gasteiger partial charge in [-0.05, 0) is 50.1 Å². The van der Waals surface area contributed by atoms with Crippen LogP contribution in [0.25, 0.3) is 0 Å². The smallest absolute Gasteiger partial charge is 0.254 e. The molecule has 2 aromatic rings. The third kappa shape index (κ3) is 5.78. The fourth-order valence-electron chi connectivity index (χ4n) is 3.41. The molecule has 5 nitrogen and oxygen atoms in total. The lowest BCUT2D eigenvalue weighted by molar-refractivity contribution is 0.0674. The molecular formula is C25H35NO4. The number of allylic oxidation sites excluding steroid dienone is 1. The topological polar surface area (TPSA) is 48.0 Å². The highest BCUT2D eigenvalue weighted by atomic mass is 16.5. The van der Waals surface area contributed by atoms with E-state index in [0.717, 1.165) is 23.5 Å². The molecule has 1 aliphatic rings. The summed E-state index contributed by atoms with van der Waals surface area (Å²) in [6.45, 7) is 11.9. The van der Waals surface area contributed by atoms with Crippen molar-refractivity contribution in [3.8, 4) is 17.2 Å². The first kappa shape index (κ1) is 25.1. The first-order valence-corrected chi connectivity index (χ1v) is 10.3. The second kappa shape index (κ2) is 12.6. The van der Waals surface area contributed by atoms with Gasteiger partial charge in [-0.15, -0.1) is 6.58 Å². The fraction of sp³-hybridized carbons (Fsp3) is 0.400. The molecule has 1 unspecified atom stereocenters. The first-order valence-electron chi connectivity index (χ1n) is 10.3. The molecule has 0 spiro atoms. The third-order valence-corrected chi connectivity index (χ3v) is 4.74. The standard InChI is InChI=1S/C20H23NO4.C3H6.C2H6/c1-13-19-14(10-17(24-3)12-18(19)25-4)8-9-21(13)20(22)15-6-5-7-16(11-15)23-2;1-3-2;1-2/h5-7,10-13H,8-9H2,1-4H3;3H,1H2,2H3;1-2H3. The Labute approximate surface area is 181 Å². The van der Waals surface area contributed by atoms with Gasteiger partial charge < -0.3 is 19.1 Å². The van der Waals surface area contributed by atoms with Crippen molar-refractivity contribution >= 4 is 5.91 Å². The van der Waals surface area contributed by atoms with Gasteiger partial charge in [-0.1, -0.05) is 26.0 Å². The van der Waals surface area contributed by atoms with Gasteiger partial charge in [-0.25, -0.2) is 0 Å². The van der Waals surface area contributed by atoms with Crippen molar-refractivity contribution in [1.29, 1.82) is 0 Å². The number of fused-ring (bicyclic) bond motifs is 1. The average molecular weight is 414 g/mol. The van der Waals surface area contributed by atoms with Crippen molar-refractivity contribution in [2.75, 3.05) is 27.9 Å². The Balaban J connectivity index is 0.000000826. The molecule has 164 valence electrons. The predicted octanol–water partition coefficient (Wildman–Crippen LogP) is 5.69. The average Bonchev–Trinajstić information content (AvgIpc) is 2.80. The molecule has 1 amide bonds. The minimum atomic E-state index is -0.0803. The molecule has 0 aliphatic carbocycles. The number of carbonyl (C=O) groups excluding carboxylic acids is 1. The second-order valence-electron chi connectivity index (χ2n) is 6.47. The summed E-state index contributed by atoms with van der Waals surface area (Å²) >= 11 is 0. The van der Waals surface area contributed by atoms with Crippen molar-refractivity contribution in [3.63, 3.8) is 0 Å². The summed E-state index contributed by atoms with van der Waals surface area (Å²) in [7, 11) is 4.89. The van der Waals surface area contributed by atoms with E-state index in [1.807, 2.05) is 62.9 Å². The maximum atomic E-state index is 13.0. The molecule has 2 aromatic carbocycles. The van der Waals surface area contributed by atoms with E-state index in [-0.39, 0.29) is 11.9 Å². The third-order valence-electron chi connectivity index (χ3n) is 4.74. The SMILES string of the molecule is C=CC.CC.COc1cccc(C(=O)N2CCc3cc(OC)cc(OC)c3C2C)c1. The number of nitrogens with zero attached hydrogens (tertiary/aromatic N) is 1. The summed E-state index contributed by atoms with van der Waals surface area (Å²) in [5.41, 5.74) is 2.84. The largest absolute Gasteiger partial charge is 0.497 e. The van der Waals surface area contributed by atoms with Crippen LogP contribution >= 0.6 is 0 Å². The van der Waals surface area contributed by atoms with Crippen LogP contribution in [0.15, 0.2) is 49.1 Å². The Hall–Kier alpha value is -2.95. The number of hydrogen-bond acceptors (Lipinski definition) is 4. The van der Waals surface area contributed by atoms with Crippen LogP contribution in [0.3, 0.4) is 0 Å². The monoisotopic (exact) mass is 413 g/mol. The highest BCUT2D eigenvalue weighted by Crippen LogP contribution is 2.39. The molecule has 3 rings (SSSR count). The van der Waals surface area contributed by atoms with Crippen LogP contribution < -0.4 is 14.2 Å². The first-order chi connectivity index (χ1) is 14.5. The minimum absolute atomic E-state index is 0.00470. The number of ether oxygens (including phenoxy) is 3. The van der Waals surface area contributed by atoms with Crippen molar-refractivity contribution in [2.24, 2.45) is 0 Å². The molecule has 0 aromatic heterocycles. The Morgan fingerprint density at radius 1 is 1.07 bits per heavy atom. The van der Waals surface area contributed by atoms with E-state index in [9.17, 15) is 4.79 Å². The lowest BCUT2D eigenvalue weighted by atomic mass is 9.91. The molecular weight excluding hydrogens is 378 g/mol. The lowest BCUT2D eigenvalue weighted by Crippen LogP contribution is -2.39. The molecule has 1 atom stereocenters. The van der Waals surface area contributed by atoms with Gasteiger partial charge >= 0.3 is 0 Å². The number of benzene rings is 2. The maximum Gasteiger partial charge on any atom is 0.254 e. The van der Waals surface area contributed by atoms with Crippen LogP contribution in [0.1, 0.15) is 55.2 Å². The number of amides is 1. The summed E-state index contributed by atoms with van der Waals surface area (Å²) < 4.78 is 16.1. The van der Waals surface area contributed by atoms with E-state index in [1.165, 1.54) is 5.56 Å². The van der Waals surface area contributed by atoms with Gasteiger partial charge in [0.2, 0.25) is 0 Å². The summed E-state index contributed by atoms with van der Waals surface area (Å²) in [4.78, 5) is 14.9. The number of hydrogen-bond donors (Lipinski definition) is 0. The van der Waals surface area contributed by atoms with Gasteiger partial charge in [0.1, 0.15) is 17.2 Å². The summed E-state index contributed by atoms with van der Waals surface area (Å²) in [6, 6.07) is 11.1. The summed E-state index contributed by atoms with van der Waals surface area (Å²) in [5.74, 6) is 2.20. The Morgan fingerprint density at radius 2 is 1.70 bits per heavy atom. The zero-order chi connectivity index (χ0) is 22.7. The molecule has 1 heterocycles. The second-order valence-corrected chi connectivity index (χ2v) is 6.47. The van der Waals surface area contributed by atoms with E-state index in [2.05, 4.69) is 6.58 Å². The Kier molecular flexibility index (Phi) is 10.5. The number of methoxy groups -OCH3 is 3. The molecule has 0 saturated heterocycles. The Morgan fingerprint density at radius 3 is 2.27 bits per heavy atom. The quantitative estimate of drug-likeness (QED) is 0.604. The lowest BCUT2D eigenvalue weighted by Gasteiger charge is -2.36. The van der Waals surface area contributed by atoms with Gasteiger partial charge in [0.25, 0.3) is 5.91 Å². The van der Waals surface area contributed by atoms with Gasteiger partial charge in [0.05, 0.1) is 27.4 Å². The highest BCUT2D eigenvalue weighted by molar-refractivity contribution is 5.95. The molecule has 0 fully saturated rings. The molecule has 0 saturated carbocycles. The zero-order valence-corrected chi connectivity index (χ0v) is 19.3. The van der Waals surface area contributed by atoms with Gasteiger partial charge in [-0.3, -0.25) is 4.79 Å². The molecule has 5 heteroatoms. The van der Waals surface area contributed by atoms with Crippen molar-refractivity contribution in [3.05, 3.63) is 65.7 Å². The molecule has 30 heavy (non-hydrogen) atoms. The molecule has 0 N–H and O–H groups in total. The van der Waals surface area contributed by atoms with Crippen LogP contribution in [-0.4, -0.2) is 38.7 Å². The van der Waals surface area contributed by atoms with Crippen LogP contribution in [0, 0.1) is 0 Å². The summed E-state index contributed by atoms with van der Waals surface area (Å²) in [5, 5.41) is 0. The Bertz CT molecular complexity index is 815. The van der Waals surface area contributed by atoms with Gasteiger partial charge in [-0.2, -0.15) is 0 Å². The van der Waals surface area contributed by atoms with Crippen LogP contribution in [0.5, 0.6) is 17.2 Å². The molecule has 1 aliphatic heterocycles. The van der Waals surface area contributed by atoms with Gasteiger partial charge in [0, 0.05) is 23.7 Å². The normalized spacial score (nSPS) is 14.1. The van der Waals surface area contributed by atoms with E-state index in [4.69, 9.17) is 14.2 Å². The van der Waals surface area contributed by atoms with Crippen LogP contribution in [0.4, 0.5) is 0 Å². The minimum Gasteiger partial charge on any atom is -0.497 e. The van der Waals surface area contributed by atoms with Crippen molar-refractivity contribution in [2.45, 2.75) is 40.2 Å². The van der Waals surface area contributed by atoms with E-state index in [1.54, 1.807) is 33.5 Å². The van der Waals surface area contributed by atoms with Gasteiger partial charge in [0.15, 0.2) is 0 Å². The van der Waals surface area contributed by atoms with E-state index in [0.29, 0.717) is 17.9 Å². The molecule has 0 bridgehead atoms. The summed E-state index contributed by atoms with van der Waals surface area (Å²) in [6.07, 6.45) is 2.52. The molecule has 0 radical (unpaired) electrons.